The van der Waals surface area contributed by atoms with Gasteiger partial charge in [-0.05, 0) is 65.7 Å². The van der Waals surface area contributed by atoms with Crippen molar-refractivity contribution >= 4 is 17.3 Å². The van der Waals surface area contributed by atoms with E-state index in [-0.39, 0.29) is 0 Å². The predicted molar refractivity (Wildman–Crippen MR) is 129 cm³/mol. The second-order valence-corrected chi connectivity index (χ2v) is 7.16. The van der Waals surface area contributed by atoms with Gasteiger partial charge in [-0.1, -0.05) is 18.2 Å². The minimum absolute atomic E-state index is 0.358. The molecule has 34 heavy (non-hydrogen) atoms. The number of methoxy groups -OCH3 is 1. The number of aromatic nitrogens is 2. The van der Waals surface area contributed by atoms with Crippen LogP contribution in [0, 0.1) is 22.7 Å². The third-order valence-electron chi connectivity index (χ3n) is 5.10. The van der Waals surface area contributed by atoms with Crippen molar-refractivity contribution in [2.75, 3.05) is 12.4 Å². The first kappa shape index (κ1) is 22.0. The molecule has 8 heteroatoms. The Morgan fingerprint density at radius 3 is 2.18 bits per heavy atom. The van der Waals surface area contributed by atoms with Gasteiger partial charge in [-0.25, -0.2) is 9.97 Å². The van der Waals surface area contributed by atoms with Crippen LogP contribution in [0.3, 0.4) is 0 Å². The van der Waals surface area contributed by atoms with Crippen molar-refractivity contribution in [3.05, 3.63) is 101 Å². The highest BCUT2D eigenvalue weighted by Crippen LogP contribution is 2.29. The molecule has 0 fully saturated rings. The second kappa shape index (κ2) is 9.94. The standard InChI is InChI=1S/C26H19N7O/c1-34-24-14-20(19-6-2-17(15-27)3-7-19)8-11-22(24)25(33-29)23-12-13-30-26(32-23)31-21-9-4-18(16-28)5-10-21/h2-14H,29H2,1H3,(H,30,31,32)/b33-25+. The van der Waals surface area contributed by atoms with Gasteiger partial charge in [0.15, 0.2) is 0 Å². The largest absolute Gasteiger partial charge is 0.496 e. The van der Waals surface area contributed by atoms with E-state index in [2.05, 4.69) is 32.5 Å². The maximum absolute atomic E-state index is 9.02. The Morgan fingerprint density at radius 2 is 1.56 bits per heavy atom. The lowest BCUT2D eigenvalue weighted by Crippen LogP contribution is -2.12. The van der Waals surface area contributed by atoms with E-state index in [4.69, 9.17) is 21.1 Å². The summed E-state index contributed by atoms with van der Waals surface area (Å²) in [6, 6.07) is 25.9. The first-order valence-corrected chi connectivity index (χ1v) is 10.2. The van der Waals surface area contributed by atoms with E-state index in [1.165, 1.54) is 0 Å². The summed E-state index contributed by atoms with van der Waals surface area (Å²) in [5, 5.41) is 25.1. The molecule has 0 unspecified atom stereocenters. The van der Waals surface area contributed by atoms with E-state index in [9.17, 15) is 0 Å². The van der Waals surface area contributed by atoms with E-state index in [1.54, 1.807) is 55.8 Å². The number of nitrogens with one attached hydrogen (secondary N) is 1. The van der Waals surface area contributed by atoms with E-state index in [0.29, 0.717) is 39.8 Å². The summed E-state index contributed by atoms with van der Waals surface area (Å²) in [6.45, 7) is 0. The monoisotopic (exact) mass is 445 g/mol. The zero-order valence-electron chi connectivity index (χ0n) is 18.2. The van der Waals surface area contributed by atoms with Crippen molar-refractivity contribution < 1.29 is 4.74 Å². The molecule has 0 amide bonds. The molecule has 0 aliphatic carbocycles. The molecule has 1 aromatic heterocycles. The zero-order valence-corrected chi connectivity index (χ0v) is 18.2. The lowest BCUT2D eigenvalue weighted by atomic mass is 9.99. The van der Waals surface area contributed by atoms with Gasteiger partial charge in [-0.15, -0.1) is 0 Å². The first-order valence-electron chi connectivity index (χ1n) is 10.2. The molecule has 0 aliphatic rings. The lowest BCUT2D eigenvalue weighted by molar-refractivity contribution is 0.414. The lowest BCUT2D eigenvalue weighted by Gasteiger charge is -2.13. The van der Waals surface area contributed by atoms with Crippen LogP contribution in [0.2, 0.25) is 0 Å². The van der Waals surface area contributed by atoms with E-state index >= 15 is 0 Å². The van der Waals surface area contributed by atoms with Gasteiger partial charge in [0.2, 0.25) is 5.95 Å². The number of hydrogen-bond donors (Lipinski definition) is 2. The molecule has 164 valence electrons. The summed E-state index contributed by atoms with van der Waals surface area (Å²) in [4.78, 5) is 8.81. The molecule has 0 atom stereocenters. The summed E-state index contributed by atoms with van der Waals surface area (Å²) in [5.41, 5.74) is 5.40. The molecule has 8 nitrogen and oxygen atoms in total. The molecule has 4 rings (SSSR count). The number of anilines is 2. The Kier molecular flexibility index (Phi) is 6.43. The maximum atomic E-state index is 9.02. The highest BCUT2D eigenvalue weighted by molar-refractivity contribution is 6.13. The van der Waals surface area contributed by atoms with Gasteiger partial charge in [0, 0.05) is 17.4 Å². The minimum Gasteiger partial charge on any atom is -0.496 e. The third kappa shape index (κ3) is 4.67. The Labute approximate surface area is 196 Å². The van der Waals surface area contributed by atoms with Crippen LogP contribution in [0.1, 0.15) is 22.4 Å². The van der Waals surface area contributed by atoms with Crippen LogP contribution in [-0.2, 0) is 0 Å². The highest BCUT2D eigenvalue weighted by Gasteiger charge is 2.16. The Balaban J connectivity index is 1.64. The molecule has 3 N–H and O–H groups in total. The number of benzene rings is 3. The van der Waals surface area contributed by atoms with Crippen LogP contribution in [0.5, 0.6) is 5.75 Å². The van der Waals surface area contributed by atoms with Crippen LogP contribution < -0.4 is 15.9 Å². The Morgan fingerprint density at radius 1 is 0.912 bits per heavy atom. The number of nitrogens with two attached hydrogens (primary N) is 1. The average molecular weight is 445 g/mol. The second-order valence-electron chi connectivity index (χ2n) is 7.16. The van der Waals surface area contributed by atoms with Gasteiger partial charge in [0.05, 0.1) is 36.1 Å². The quantitative estimate of drug-likeness (QED) is 0.256. The van der Waals surface area contributed by atoms with Crippen molar-refractivity contribution in [2.24, 2.45) is 10.9 Å². The van der Waals surface area contributed by atoms with Crippen molar-refractivity contribution in [2.45, 2.75) is 0 Å². The van der Waals surface area contributed by atoms with Gasteiger partial charge in [0.25, 0.3) is 0 Å². The predicted octanol–water partition coefficient (Wildman–Crippen LogP) is 4.35. The van der Waals surface area contributed by atoms with Crippen LogP contribution >= 0.6 is 0 Å². The van der Waals surface area contributed by atoms with Crippen molar-refractivity contribution in [1.82, 2.24) is 9.97 Å². The molecule has 0 saturated heterocycles. The first-order chi connectivity index (χ1) is 16.6. The molecule has 3 aromatic carbocycles. The zero-order chi connectivity index (χ0) is 23.9. The van der Waals surface area contributed by atoms with Crippen LogP contribution in [0.25, 0.3) is 11.1 Å². The van der Waals surface area contributed by atoms with Gasteiger partial charge < -0.3 is 15.9 Å². The number of hydrazone groups is 1. The van der Waals surface area contributed by atoms with Crippen molar-refractivity contribution in [3.8, 4) is 29.0 Å². The van der Waals surface area contributed by atoms with E-state index in [0.717, 1.165) is 16.8 Å². The molecule has 1 heterocycles. The minimum atomic E-state index is 0.358. The summed E-state index contributed by atoms with van der Waals surface area (Å²) in [7, 11) is 1.58. The molecular weight excluding hydrogens is 426 g/mol. The number of nitriles is 2. The van der Waals surface area contributed by atoms with Crippen molar-refractivity contribution in [1.29, 1.82) is 10.5 Å². The Bertz CT molecular complexity index is 1430. The van der Waals surface area contributed by atoms with Gasteiger partial charge in [0.1, 0.15) is 11.5 Å². The summed E-state index contributed by atoms with van der Waals surface area (Å²) >= 11 is 0. The highest BCUT2D eigenvalue weighted by atomic mass is 16.5. The summed E-state index contributed by atoms with van der Waals surface area (Å²) in [5.74, 6) is 6.70. The van der Waals surface area contributed by atoms with Crippen molar-refractivity contribution in [3.63, 3.8) is 0 Å². The maximum Gasteiger partial charge on any atom is 0.227 e. The van der Waals surface area contributed by atoms with Gasteiger partial charge in [-0.2, -0.15) is 15.6 Å². The fourth-order valence-electron chi connectivity index (χ4n) is 3.39. The van der Waals surface area contributed by atoms with Crippen LogP contribution in [0.4, 0.5) is 11.6 Å². The molecular formula is C26H19N7O. The third-order valence-corrected chi connectivity index (χ3v) is 5.10. The summed E-state index contributed by atoms with van der Waals surface area (Å²) in [6.07, 6.45) is 1.61. The van der Waals surface area contributed by atoms with Gasteiger partial charge >= 0.3 is 0 Å². The van der Waals surface area contributed by atoms with Gasteiger partial charge in [-0.3, -0.25) is 0 Å². The fourth-order valence-corrected chi connectivity index (χ4v) is 3.39. The Hall–Kier alpha value is -5.21. The molecule has 0 bridgehead atoms. The van der Waals surface area contributed by atoms with Crippen LogP contribution in [0.15, 0.2) is 84.1 Å². The topological polar surface area (TPSA) is 133 Å². The smallest absolute Gasteiger partial charge is 0.227 e. The molecule has 0 spiro atoms. The molecule has 0 radical (unpaired) electrons. The molecule has 0 aliphatic heterocycles. The molecule has 4 aromatic rings. The SMILES string of the molecule is COc1cc(-c2ccc(C#N)cc2)ccc1/C(=N\N)c1ccnc(Nc2ccc(C#N)cc2)n1. The normalized spacial score (nSPS) is 10.7. The summed E-state index contributed by atoms with van der Waals surface area (Å²) < 4.78 is 5.63. The number of ether oxygens (including phenoxy) is 1. The van der Waals surface area contributed by atoms with E-state index < -0.39 is 0 Å². The number of rotatable bonds is 6. The number of hydrogen-bond acceptors (Lipinski definition) is 8. The average Bonchev–Trinajstić information content (AvgIpc) is 2.90. The molecule has 0 saturated carbocycles. The fraction of sp³-hybridized carbons (Fsp3) is 0.0385. The van der Waals surface area contributed by atoms with E-state index in [1.807, 2.05) is 30.3 Å². The number of nitrogens with zero attached hydrogens (tertiary/aromatic N) is 5. The van der Waals surface area contributed by atoms with Crippen LogP contribution in [-0.4, -0.2) is 22.8 Å².